The molecule has 5 heterocycles. The second-order valence-corrected chi connectivity index (χ2v) is 35.5. The van der Waals surface area contributed by atoms with Crippen molar-refractivity contribution in [2.45, 2.75) is 83.6 Å². The Morgan fingerprint density at radius 1 is 0.279 bits per heavy atom. The molecule has 0 bridgehead atoms. The summed E-state index contributed by atoms with van der Waals surface area (Å²) >= 11 is 11.5. The number of methoxy groups -OCH3 is 1. The molecule has 0 aliphatic heterocycles. The van der Waals surface area contributed by atoms with Gasteiger partial charge in [-0.1, -0.05) is 114 Å². The van der Waals surface area contributed by atoms with Crippen LogP contribution in [0.5, 0.6) is 34.5 Å². The van der Waals surface area contributed by atoms with Crippen LogP contribution in [0, 0.1) is 17.5 Å². The van der Waals surface area contributed by atoms with Gasteiger partial charge in [0.2, 0.25) is 49.2 Å². The maximum absolute atomic E-state index is 13.8. The minimum absolute atomic E-state index is 0.00596. The maximum atomic E-state index is 13.8. The van der Waals surface area contributed by atoms with Gasteiger partial charge in [0.1, 0.15) is 33.0 Å². The number of rotatable bonds is 21. The number of hydrogen-bond acceptors (Lipinski definition) is 26. The number of para-hydroxylation sites is 5. The molecule has 26 nitrogen and oxygen atoms in total. The average Bonchev–Trinajstić information content (AvgIpc) is 0.781. The summed E-state index contributed by atoms with van der Waals surface area (Å²) in [7, 11) is -19.6. The van der Waals surface area contributed by atoms with E-state index in [9.17, 15) is 79.2 Å². The highest BCUT2D eigenvalue weighted by molar-refractivity contribution is 7.92. The molecule has 0 aliphatic carbocycles. The summed E-state index contributed by atoms with van der Waals surface area (Å²) in [4.78, 5) is 57.0. The highest BCUT2D eigenvalue weighted by Gasteiger charge is 2.32. The summed E-state index contributed by atoms with van der Waals surface area (Å²) in [5.74, 6) is -0.309. The van der Waals surface area contributed by atoms with Crippen molar-refractivity contribution in [1.29, 1.82) is 0 Å². The highest BCUT2D eigenvalue weighted by atomic mass is 35.5. The van der Waals surface area contributed by atoms with Crippen LogP contribution in [0.1, 0.15) is 34.6 Å². The molecule has 36 heteroatoms. The molecule has 0 amide bonds. The van der Waals surface area contributed by atoms with Gasteiger partial charge in [-0.15, -0.1) is 0 Å². The molecule has 632 valence electrons. The minimum atomic E-state index is -4.34. The van der Waals surface area contributed by atoms with Crippen LogP contribution in [0.2, 0.25) is 10.0 Å². The topological polar surface area (TPSA) is 377 Å². The Balaban J connectivity index is 0.000000149. The van der Waals surface area contributed by atoms with Gasteiger partial charge in [0.15, 0.2) is 81.1 Å². The van der Waals surface area contributed by atoms with Gasteiger partial charge < -0.3 is 50.5 Å². The van der Waals surface area contributed by atoms with Gasteiger partial charge in [-0.25, -0.2) is 79.2 Å². The van der Waals surface area contributed by atoms with Crippen LogP contribution < -0.4 is 56.5 Å². The van der Waals surface area contributed by atoms with Crippen molar-refractivity contribution in [2.24, 2.45) is 0 Å². The lowest BCUT2D eigenvalue weighted by Gasteiger charge is -2.08. The van der Waals surface area contributed by atoms with Crippen molar-refractivity contribution in [1.82, 2.24) is 0 Å². The third kappa shape index (κ3) is 19.5. The normalized spacial score (nSPS) is 11.6. The van der Waals surface area contributed by atoms with Crippen molar-refractivity contribution in [3.63, 3.8) is 0 Å². The predicted octanol–water partition coefficient (Wildman–Crippen LogP) is 16.9. The predicted molar refractivity (Wildman–Crippen MR) is 444 cm³/mol. The summed E-state index contributed by atoms with van der Waals surface area (Å²) < 4.78 is 226. The SMILES string of the molecule is CCOc1ccc(S(=O)(=O)c2cc3cccc(OCC)c3oc2=O)cc1.CCOc1cccc2cc(S(=O)(=O)c3ccc(F)c(Cl)c3)c(=O)oc12.CCOc1cccc2cc(S(=O)(=O)c3cccc(Cl)c3)c(=O)oc12.CCOc1cccc2cc(S(=O)(=O)c3ccccc3F)c(=O)oc12.COc1cccc2cc(S(=O)(=O)c3ccccc3F)c(=O)oc12. The van der Waals surface area contributed by atoms with Crippen LogP contribution in [-0.4, -0.2) is 82.2 Å². The molecular weight excluding hydrogens is 1740 g/mol. The molecule has 10 aromatic carbocycles. The van der Waals surface area contributed by atoms with Gasteiger partial charge in [-0.2, -0.15) is 0 Å². The Kier molecular flexibility index (Phi) is 28.2. The first kappa shape index (κ1) is 89.9. The van der Waals surface area contributed by atoms with Crippen LogP contribution in [0.25, 0.3) is 54.8 Å². The molecule has 0 aliphatic rings. The summed E-state index contributed by atoms with van der Waals surface area (Å²) in [5, 5.41) is 1.96. The smallest absolute Gasteiger partial charge is 0.355 e. The Labute approximate surface area is 702 Å². The zero-order valence-corrected chi connectivity index (χ0v) is 70.2. The second-order valence-electron chi connectivity index (χ2n) is 25.1. The molecule has 0 fully saturated rings. The largest absolute Gasteiger partial charge is 0.494 e. The van der Waals surface area contributed by atoms with E-state index in [4.69, 9.17) is 73.7 Å². The van der Waals surface area contributed by atoms with E-state index in [0.717, 1.165) is 48.5 Å². The van der Waals surface area contributed by atoms with E-state index in [1.807, 2.05) is 13.8 Å². The summed E-state index contributed by atoms with van der Waals surface area (Å²) in [5.41, 5.74) is -4.19. The van der Waals surface area contributed by atoms with E-state index in [1.54, 1.807) is 130 Å². The standard InChI is InChI=1S/C19H18O6S.C17H12ClFO5S.C17H13ClO5S.C17H13FO5S.C16H11FO5S/c1-3-23-14-8-10-15(11-9-14)26(21,22)17-12-13-6-5-7-16(24-4-2)18(13)25-19(17)20;1-2-23-14-5-3-4-10-8-15(17(20)24-16(10)14)25(21,22)11-6-7-13(19)12(18)9-11;1-2-22-14-8-3-5-11-9-15(17(19)23-16(11)14)24(20,21)13-7-4-6-12(18)10-13;1-2-22-13-8-5-6-11-10-15(17(19)23-16(11)13)24(20,21)14-9-4-3-7-12(14)18;1-21-12-7-4-5-10-9-14(16(18)22-15(10)12)23(19,20)13-8-3-2-6-11(13)17/h5-12H,3-4H2,1-2H3;3-9H,2H2,1H3;2*3-10H,2H2,1H3;2-9H,1H3. The molecule has 15 rings (SSSR count). The number of hydrogen-bond donors (Lipinski definition) is 0. The lowest BCUT2D eigenvalue weighted by atomic mass is 10.2. The van der Waals surface area contributed by atoms with E-state index in [0.29, 0.717) is 94.5 Å². The van der Waals surface area contributed by atoms with Gasteiger partial charge in [-0.3, -0.25) is 0 Å². The zero-order chi connectivity index (χ0) is 88.2. The van der Waals surface area contributed by atoms with Crippen molar-refractivity contribution in [3.05, 3.63) is 316 Å². The molecule has 0 saturated heterocycles. The van der Waals surface area contributed by atoms with E-state index in [2.05, 4.69) is 0 Å². The molecule has 0 unspecified atom stereocenters. The van der Waals surface area contributed by atoms with Crippen molar-refractivity contribution < 1.29 is 106 Å². The van der Waals surface area contributed by atoms with E-state index >= 15 is 0 Å². The Bertz CT molecular complexity index is 7450. The molecule has 0 saturated carbocycles. The number of halogens is 5. The van der Waals surface area contributed by atoms with Crippen molar-refractivity contribution in [2.75, 3.05) is 40.1 Å². The van der Waals surface area contributed by atoms with Crippen molar-refractivity contribution in [3.8, 4) is 34.5 Å². The van der Waals surface area contributed by atoms with E-state index < -0.39 is 129 Å². The second kappa shape index (κ2) is 38.3. The fourth-order valence-electron chi connectivity index (χ4n) is 11.8. The quantitative estimate of drug-likeness (QED) is 0.0476. The molecule has 0 radical (unpaired) electrons. The van der Waals surface area contributed by atoms with Crippen LogP contribution in [0.3, 0.4) is 0 Å². The van der Waals surface area contributed by atoms with Gasteiger partial charge in [0, 0.05) is 32.0 Å². The third-order valence-corrected chi connectivity index (χ3v) is 26.6. The first-order valence-electron chi connectivity index (χ1n) is 36.2. The Morgan fingerprint density at radius 3 is 0.877 bits per heavy atom. The van der Waals surface area contributed by atoms with Gasteiger partial charge in [0.25, 0.3) is 0 Å². The van der Waals surface area contributed by atoms with E-state index in [1.165, 1.54) is 86.0 Å². The molecule has 0 atom stereocenters. The first-order chi connectivity index (χ1) is 58.1. The number of fused-ring (bicyclic) bond motifs is 5. The van der Waals surface area contributed by atoms with Gasteiger partial charge >= 0.3 is 28.1 Å². The molecule has 15 aromatic rings. The van der Waals surface area contributed by atoms with Gasteiger partial charge in [-0.05, 0) is 180 Å². The fourth-order valence-corrected chi connectivity index (χ4v) is 18.9. The van der Waals surface area contributed by atoms with Crippen LogP contribution in [0.4, 0.5) is 13.2 Å². The molecule has 0 N–H and O–H groups in total. The zero-order valence-electron chi connectivity index (χ0n) is 64.6. The average molecular weight is 1800 g/mol. The summed E-state index contributed by atoms with van der Waals surface area (Å²) in [6, 6.07) is 54.9. The van der Waals surface area contributed by atoms with Crippen LogP contribution >= 0.6 is 23.2 Å². The molecule has 0 spiro atoms. The maximum Gasteiger partial charge on any atom is 0.355 e. The molecule has 5 aromatic heterocycles. The summed E-state index contributed by atoms with van der Waals surface area (Å²) in [6.45, 7) is 11.0. The van der Waals surface area contributed by atoms with E-state index in [-0.39, 0.29) is 52.6 Å². The molecular formula is C86H67Cl2F3O26S5. The van der Waals surface area contributed by atoms with Gasteiger partial charge in [0.05, 0.1) is 59.9 Å². The number of ether oxygens (including phenoxy) is 6. The number of benzene rings is 10. The summed E-state index contributed by atoms with van der Waals surface area (Å²) in [6.07, 6.45) is 0. The fraction of sp³-hybridized carbons (Fsp3) is 0.128. The lowest BCUT2D eigenvalue weighted by molar-refractivity contribution is 0.336. The minimum Gasteiger partial charge on any atom is -0.494 e. The van der Waals surface area contributed by atoms with Crippen molar-refractivity contribution >= 4 is 127 Å². The highest BCUT2D eigenvalue weighted by Crippen LogP contribution is 2.36. The molecule has 122 heavy (non-hydrogen) atoms. The lowest BCUT2D eigenvalue weighted by Crippen LogP contribution is -2.15. The Hall–Kier alpha value is -12.8. The van der Waals surface area contributed by atoms with Crippen LogP contribution in [-0.2, 0) is 49.2 Å². The monoisotopic (exact) mass is 1800 g/mol. The first-order valence-corrected chi connectivity index (χ1v) is 44.4. The Morgan fingerprint density at radius 2 is 0.566 bits per heavy atom. The third-order valence-electron chi connectivity index (χ3n) is 17.3. The number of sulfone groups is 5. The van der Waals surface area contributed by atoms with Crippen LogP contribution in [0.15, 0.2) is 332 Å².